The van der Waals surface area contributed by atoms with Crippen LogP contribution in [0, 0.1) is 0 Å². The van der Waals surface area contributed by atoms with E-state index in [1.165, 1.54) is 20.9 Å². The molecular formula is C21H32N4O+2. The largest absolute Gasteiger partial charge is 0.332 e. The summed E-state index contributed by atoms with van der Waals surface area (Å²) in [5.41, 5.74) is 2.46. The zero-order chi connectivity index (χ0) is 18.9. The molecule has 0 saturated carbocycles. The fraction of sp³-hybridized carbons (Fsp3) is 0.381. The van der Waals surface area contributed by atoms with Crippen LogP contribution in [0.5, 0.6) is 0 Å². The van der Waals surface area contributed by atoms with Gasteiger partial charge in [-0.05, 0) is 0 Å². The molecule has 0 radical (unpaired) electrons. The van der Waals surface area contributed by atoms with Crippen molar-refractivity contribution < 1.29 is 14.6 Å². The summed E-state index contributed by atoms with van der Waals surface area (Å²) < 4.78 is 0. The molecule has 140 valence electrons. The third-order valence-electron chi connectivity index (χ3n) is 4.73. The second-order valence-corrected chi connectivity index (χ2v) is 7.17. The highest BCUT2D eigenvalue weighted by Crippen LogP contribution is 2.09. The third-order valence-corrected chi connectivity index (χ3v) is 4.73. The van der Waals surface area contributed by atoms with Gasteiger partial charge in [0.05, 0.1) is 41.3 Å². The minimum absolute atomic E-state index is 0.116. The highest BCUT2D eigenvalue weighted by Gasteiger charge is 2.20. The monoisotopic (exact) mass is 356 g/mol. The highest BCUT2D eigenvalue weighted by atomic mass is 16.2. The number of nitrogens with one attached hydrogen (secondary N) is 4. The van der Waals surface area contributed by atoms with E-state index in [1.54, 1.807) is 0 Å². The Bertz CT molecular complexity index is 601. The fourth-order valence-corrected chi connectivity index (χ4v) is 3.13. The molecule has 0 fully saturated rings. The number of benzene rings is 2. The number of hydrogen-bond acceptors (Lipinski definition) is 1. The van der Waals surface area contributed by atoms with Gasteiger partial charge in [-0.25, -0.2) is 4.79 Å². The van der Waals surface area contributed by atoms with Crippen molar-refractivity contribution in [1.29, 1.82) is 0 Å². The van der Waals surface area contributed by atoms with Crippen molar-refractivity contribution in [3.05, 3.63) is 71.8 Å². The number of likely N-dealkylation sites (N-methyl/N-ethyl adjacent to an activating group) is 2. The summed E-state index contributed by atoms with van der Waals surface area (Å²) in [6, 6.07) is 21.0. The number of quaternary nitrogens is 2. The Labute approximate surface area is 157 Å². The quantitative estimate of drug-likeness (QED) is 0.531. The van der Waals surface area contributed by atoms with Crippen LogP contribution in [0.1, 0.15) is 23.2 Å². The molecule has 4 N–H and O–H groups in total. The molecule has 0 aliphatic carbocycles. The average molecular weight is 357 g/mol. The van der Waals surface area contributed by atoms with Crippen LogP contribution in [0.25, 0.3) is 0 Å². The molecule has 0 saturated heterocycles. The standard InChI is InChI=1S/C21H30N4O/c1-24(2)19(17-11-7-5-8-12-17)15-22-21(26)23-16-20(25(3)4)18-13-9-6-10-14-18/h5-14,19-20H,15-16H2,1-4H3,(H2,22,23,26)/p+2/t19-,20-/m1/s1. The number of hydrogen-bond donors (Lipinski definition) is 4. The van der Waals surface area contributed by atoms with E-state index in [0.29, 0.717) is 13.1 Å². The molecule has 5 heteroatoms. The summed E-state index contributed by atoms with van der Waals surface area (Å²) in [7, 11) is 8.44. The van der Waals surface area contributed by atoms with Gasteiger partial charge in [0, 0.05) is 11.1 Å². The van der Waals surface area contributed by atoms with Gasteiger partial charge in [-0.1, -0.05) is 60.7 Å². The number of amides is 2. The molecule has 0 bridgehead atoms. The van der Waals surface area contributed by atoms with Gasteiger partial charge in [-0.2, -0.15) is 0 Å². The van der Waals surface area contributed by atoms with Crippen molar-refractivity contribution in [1.82, 2.24) is 10.6 Å². The number of carbonyl (C=O) groups is 1. The number of rotatable bonds is 8. The minimum atomic E-state index is -0.116. The summed E-state index contributed by atoms with van der Waals surface area (Å²) in [5, 5.41) is 6.06. The van der Waals surface area contributed by atoms with Crippen LogP contribution in [0.4, 0.5) is 4.79 Å². The summed E-state index contributed by atoms with van der Waals surface area (Å²) in [5.74, 6) is 0. The van der Waals surface area contributed by atoms with E-state index in [0.717, 1.165) is 0 Å². The summed E-state index contributed by atoms with van der Waals surface area (Å²) in [6.07, 6.45) is 0. The molecule has 0 heterocycles. The van der Waals surface area contributed by atoms with Crippen LogP contribution in [0.15, 0.2) is 60.7 Å². The van der Waals surface area contributed by atoms with Crippen LogP contribution in [0.2, 0.25) is 0 Å². The van der Waals surface area contributed by atoms with Crippen LogP contribution in [-0.4, -0.2) is 47.3 Å². The van der Waals surface area contributed by atoms with Crippen molar-refractivity contribution in [2.75, 3.05) is 41.3 Å². The van der Waals surface area contributed by atoms with Crippen LogP contribution in [-0.2, 0) is 0 Å². The lowest BCUT2D eigenvalue weighted by Crippen LogP contribution is -3.07. The van der Waals surface area contributed by atoms with E-state index in [1.807, 2.05) is 36.4 Å². The summed E-state index contributed by atoms with van der Waals surface area (Å²) >= 11 is 0. The molecule has 0 aliphatic rings. The molecule has 0 aromatic heterocycles. The Morgan fingerprint density at radius 1 is 0.731 bits per heavy atom. The van der Waals surface area contributed by atoms with Crippen LogP contribution < -0.4 is 20.4 Å². The van der Waals surface area contributed by atoms with Gasteiger partial charge in [0.2, 0.25) is 0 Å². The van der Waals surface area contributed by atoms with E-state index in [2.05, 4.69) is 63.1 Å². The summed E-state index contributed by atoms with van der Waals surface area (Å²) in [6.45, 7) is 1.20. The first-order chi connectivity index (χ1) is 12.5. The lowest BCUT2D eigenvalue weighted by atomic mass is 10.1. The second-order valence-electron chi connectivity index (χ2n) is 7.17. The van der Waals surface area contributed by atoms with Gasteiger partial charge in [0.1, 0.15) is 12.1 Å². The number of urea groups is 1. The van der Waals surface area contributed by atoms with Gasteiger partial charge < -0.3 is 20.4 Å². The molecule has 2 rings (SSSR count). The first kappa shape index (κ1) is 19.9. The molecule has 2 aromatic carbocycles. The van der Waals surface area contributed by atoms with Crippen molar-refractivity contribution in [3.8, 4) is 0 Å². The Morgan fingerprint density at radius 2 is 1.08 bits per heavy atom. The molecular weight excluding hydrogens is 324 g/mol. The molecule has 26 heavy (non-hydrogen) atoms. The normalized spacial score (nSPS) is 13.5. The molecule has 0 aliphatic heterocycles. The van der Waals surface area contributed by atoms with Gasteiger partial charge in [0.15, 0.2) is 0 Å². The zero-order valence-corrected chi connectivity index (χ0v) is 16.3. The Morgan fingerprint density at radius 3 is 1.38 bits per heavy atom. The number of carbonyl (C=O) groups excluding carboxylic acids is 1. The Hall–Kier alpha value is -2.37. The van der Waals surface area contributed by atoms with E-state index in [-0.39, 0.29) is 18.1 Å². The van der Waals surface area contributed by atoms with Crippen molar-refractivity contribution in [3.63, 3.8) is 0 Å². The second kappa shape index (κ2) is 9.94. The maximum Gasteiger partial charge on any atom is 0.315 e. The predicted molar refractivity (Wildman–Crippen MR) is 105 cm³/mol. The van der Waals surface area contributed by atoms with Gasteiger partial charge in [-0.3, -0.25) is 0 Å². The van der Waals surface area contributed by atoms with Crippen molar-refractivity contribution in [2.24, 2.45) is 0 Å². The van der Waals surface area contributed by atoms with Gasteiger partial charge in [0.25, 0.3) is 0 Å². The average Bonchev–Trinajstić information content (AvgIpc) is 2.63. The molecule has 0 spiro atoms. The maximum absolute atomic E-state index is 12.3. The lowest BCUT2D eigenvalue weighted by molar-refractivity contribution is -0.890. The van der Waals surface area contributed by atoms with Gasteiger partial charge >= 0.3 is 6.03 Å². The molecule has 2 amide bonds. The maximum atomic E-state index is 12.3. The molecule has 0 unspecified atom stereocenters. The van der Waals surface area contributed by atoms with E-state index < -0.39 is 0 Å². The lowest BCUT2D eigenvalue weighted by Gasteiger charge is -2.24. The van der Waals surface area contributed by atoms with Gasteiger partial charge in [-0.15, -0.1) is 0 Å². The smallest absolute Gasteiger partial charge is 0.315 e. The summed E-state index contributed by atoms with van der Waals surface area (Å²) in [4.78, 5) is 14.9. The van der Waals surface area contributed by atoms with E-state index in [4.69, 9.17) is 0 Å². The minimum Gasteiger partial charge on any atom is -0.332 e. The van der Waals surface area contributed by atoms with Crippen LogP contribution >= 0.6 is 0 Å². The van der Waals surface area contributed by atoms with Crippen molar-refractivity contribution in [2.45, 2.75) is 12.1 Å². The zero-order valence-electron chi connectivity index (χ0n) is 16.3. The first-order valence-corrected chi connectivity index (χ1v) is 9.20. The predicted octanol–water partition coefficient (Wildman–Crippen LogP) is 0.0572. The van der Waals surface area contributed by atoms with Crippen molar-refractivity contribution >= 4 is 6.03 Å². The Balaban J connectivity index is 1.89. The third kappa shape index (κ3) is 5.86. The molecule has 2 aromatic rings. The molecule has 2 atom stereocenters. The van der Waals surface area contributed by atoms with Crippen LogP contribution in [0.3, 0.4) is 0 Å². The highest BCUT2D eigenvalue weighted by molar-refractivity contribution is 5.73. The first-order valence-electron chi connectivity index (χ1n) is 9.20. The van der Waals surface area contributed by atoms with E-state index >= 15 is 0 Å². The fourth-order valence-electron chi connectivity index (χ4n) is 3.13. The topological polar surface area (TPSA) is 50.0 Å². The van der Waals surface area contributed by atoms with E-state index in [9.17, 15) is 4.79 Å². The SMILES string of the molecule is C[NH+](C)[C@H](CNC(=O)NC[C@H](c1ccccc1)[NH+](C)C)c1ccccc1. The Kier molecular flexibility index (Phi) is 7.63. The molecule has 5 nitrogen and oxygen atoms in total.